The third-order valence-corrected chi connectivity index (χ3v) is 2.12. The normalized spacial score (nSPS) is 9.31. The molecular formula is C11H14LiNO3. The van der Waals surface area contributed by atoms with Crippen LogP contribution in [0.1, 0.15) is 30.7 Å². The van der Waals surface area contributed by atoms with Gasteiger partial charge in [0.25, 0.3) is 0 Å². The van der Waals surface area contributed by atoms with Gasteiger partial charge in [-0.1, -0.05) is 6.07 Å². The van der Waals surface area contributed by atoms with Gasteiger partial charge in [0.15, 0.2) is 5.78 Å². The summed E-state index contributed by atoms with van der Waals surface area (Å²) in [5.74, 6) is -0.929. The first-order valence-corrected chi connectivity index (χ1v) is 4.62. The monoisotopic (exact) mass is 215 g/mol. The number of carboxylic acid groups (broad SMARTS) is 1. The van der Waals surface area contributed by atoms with E-state index in [9.17, 15) is 9.59 Å². The fraction of sp³-hybridized carbons (Fsp3) is 0.273. The Balaban J connectivity index is 0. The topological polar surface area (TPSA) is 80.4 Å². The van der Waals surface area contributed by atoms with Gasteiger partial charge in [-0.25, -0.2) is 0 Å². The summed E-state index contributed by atoms with van der Waals surface area (Å²) in [4.78, 5) is 21.4. The number of benzene rings is 1. The van der Waals surface area contributed by atoms with E-state index in [1.165, 1.54) is 6.92 Å². The Kier molecular flexibility index (Phi) is 5.87. The average molecular weight is 215 g/mol. The third kappa shape index (κ3) is 4.09. The van der Waals surface area contributed by atoms with Crippen LogP contribution in [0.25, 0.3) is 0 Å². The molecule has 1 aromatic carbocycles. The molecular weight excluding hydrogens is 201 g/mol. The molecule has 16 heavy (non-hydrogen) atoms. The molecule has 0 aromatic heterocycles. The molecule has 0 fully saturated rings. The van der Waals surface area contributed by atoms with Crippen molar-refractivity contribution in [1.82, 2.24) is 0 Å². The SMILES string of the molecule is CC(=O)c1ccc(CCC(=O)O)cc1N.[H-].[Li+]. The van der Waals surface area contributed by atoms with Gasteiger partial charge in [0.2, 0.25) is 0 Å². The fourth-order valence-electron chi connectivity index (χ4n) is 1.34. The number of aliphatic carboxylic acids is 1. The second-order valence-corrected chi connectivity index (χ2v) is 3.37. The van der Waals surface area contributed by atoms with Gasteiger partial charge in [0.05, 0.1) is 0 Å². The summed E-state index contributed by atoms with van der Waals surface area (Å²) >= 11 is 0. The minimum Gasteiger partial charge on any atom is -1.00 e. The predicted octanol–water partition coefficient (Wildman–Crippen LogP) is -1.39. The quantitative estimate of drug-likeness (QED) is 0.368. The minimum absolute atomic E-state index is 0. The van der Waals surface area contributed by atoms with Gasteiger partial charge in [0, 0.05) is 17.7 Å². The number of carboxylic acids is 1. The van der Waals surface area contributed by atoms with Crippen LogP contribution in [0.4, 0.5) is 5.69 Å². The van der Waals surface area contributed by atoms with Crippen molar-refractivity contribution in [1.29, 1.82) is 0 Å². The zero-order valence-electron chi connectivity index (χ0n) is 10.5. The summed E-state index contributed by atoms with van der Waals surface area (Å²) in [6.07, 6.45) is 0.497. The van der Waals surface area contributed by atoms with Crippen LogP contribution in [-0.4, -0.2) is 16.9 Å². The third-order valence-electron chi connectivity index (χ3n) is 2.12. The number of carbonyl (C=O) groups excluding carboxylic acids is 1. The molecule has 4 nitrogen and oxygen atoms in total. The van der Waals surface area contributed by atoms with Gasteiger partial charge >= 0.3 is 24.8 Å². The molecule has 82 valence electrons. The molecule has 0 aliphatic rings. The number of ketones is 1. The van der Waals surface area contributed by atoms with Crippen LogP contribution in [0.5, 0.6) is 0 Å². The molecule has 0 heterocycles. The Bertz CT molecular complexity index is 410. The van der Waals surface area contributed by atoms with Crippen molar-refractivity contribution >= 4 is 17.4 Å². The second kappa shape index (κ2) is 6.36. The Morgan fingerprint density at radius 2 is 2.06 bits per heavy atom. The number of rotatable bonds is 4. The molecule has 0 saturated heterocycles. The Morgan fingerprint density at radius 1 is 1.44 bits per heavy atom. The molecule has 0 amide bonds. The summed E-state index contributed by atoms with van der Waals surface area (Å²) in [7, 11) is 0. The largest absolute Gasteiger partial charge is 1.00 e. The summed E-state index contributed by atoms with van der Waals surface area (Å²) in [5, 5.41) is 8.50. The van der Waals surface area contributed by atoms with E-state index in [4.69, 9.17) is 10.8 Å². The number of aryl methyl sites for hydroxylation is 1. The number of carbonyl (C=O) groups is 2. The van der Waals surface area contributed by atoms with Crippen LogP contribution in [-0.2, 0) is 11.2 Å². The number of nitrogen functional groups attached to an aromatic ring is 1. The summed E-state index contributed by atoms with van der Waals surface area (Å²) in [6, 6.07) is 5.02. The van der Waals surface area contributed by atoms with E-state index in [2.05, 4.69) is 0 Å². The van der Waals surface area contributed by atoms with Crippen LogP contribution in [0, 0.1) is 0 Å². The first-order valence-electron chi connectivity index (χ1n) is 4.62. The van der Waals surface area contributed by atoms with Crippen molar-refractivity contribution in [2.24, 2.45) is 0 Å². The van der Waals surface area contributed by atoms with Crippen molar-refractivity contribution in [3.8, 4) is 0 Å². The van der Waals surface area contributed by atoms with Crippen molar-refractivity contribution < 1.29 is 35.0 Å². The zero-order chi connectivity index (χ0) is 11.4. The van der Waals surface area contributed by atoms with Gasteiger partial charge in [-0.3, -0.25) is 9.59 Å². The van der Waals surface area contributed by atoms with E-state index >= 15 is 0 Å². The maximum absolute atomic E-state index is 11.1. The first kappa shape index (κ1) is 14.8. The maximum Gasteiger partial charge on any atom is 1.00 e. The maximum atomic E-state index is 11.1. The van der Waals surface area contributed by atoms with E-state index < -0.39 is 5.97 Å². The van der Waals surface area contributed by atoms with Crippen LogP contribution in [0.3, 0.4) is 0 Å². The molecule has 0 unspecified atom stereocenters. The first-order chi connectivity index (χ1) is 7.00. The molecule has 1 rings (SSSR count). The van der Waals surface area contributed by atoms with Gasteiger partial charge in [-0.15, -0.1) is 0 Å². The molecule has 0 aliphatic carbocycles. The molecule has 0 aliphatic heterocycles. The van der Waals surface area contributed by atoms with Crippen molar-refractivity contribution in [2.45, 2.75) is 19.8 Å². The van der Waals surface area contributed by atoms with Crippen molar-refractivity contribution in [2.75, 3.05) is 5.73 Å². The van der Waals surface area contributed by atoms with E-state index in [1.54, 1.807) is 18.2 Å². The molecule has 0 saturated carbocycles. The smallest absolute Gasteiger partial charge is 1.00 e. The van der Waals surface area contributed by atoms with Crippen LogP contribution >= 0.6 is 0 Å². The fourth-order valence-corrected chi connectivity index (χ4v) is 1.34. The zero-order valence-corrected chi connectivity index (χ0v) is 9.49. The minimum atomic E-state index is -0.843. The standard InChI is InChI=1S/C11H13NO3.Li.H/c1-7(13)9-4-2-8(6-10(9)12)3-5-11(14)15;;/h2,4,6H,3,5,12H2,1H3,(H,14,15);;/q;+1;-1. The number of nitrogens with two attached hydrogens (primary N) is 1. The molecule has 0 radical (unpaired) electrons. The molecule has 0 spiro atoms. The Labute approximate surface area is 107 Å². The van der Waals surface area contributed by atoms with Crippen LogP contribution < -0.4 is 24.6 Å². The summed E-state index contributed by atoms with van der Waals surface area (Å²) < 4.78 is 0. The van der Waals surface area contributed by atoms with Gasteiger partial charge in [-0.2, -0.15) is 0 Å². The van der Waals surface area contributed by atoms with E-state index in [-0.39, 0.29) is 32.5 Å². The molecule has 0 bridgehead atoms. The van der Waals surface area contributed by atoms with Gasteiger partial charge in [-0.05, 0) is 31.0 Å². The van der Waals surface area contributed by atoms with Gasteiger partial charge in [0.1, 0.15) is 0 Å². The average Bonchev–Trinajstić information content (AvgIpc) is 2.14. The molecule has 3 N–H and O–H groups in total. The number of anilines is 1. The Morgan fingerprint density at radius 3 is 2.50 bits per heavy atom. The summed E-state index contributed by atoms with van der Waals surface area (Å²) in [5.41, 5.74) is 7.38. The number of hydrogen-bond acceptors (Lipinski definition) is 3. The predicted molar refractivity (Wildman–Crippen MR) is 57.9 cm³/mol. The molecule has 0 atom stereocenters. The van der Waals surface area contributed by atoms with Crippen LogP contribution in [0.2, 0.25) is 0 Å². The second-order valence-electron chi connectivity index (χ2n) is 3.37. The molecule has 1 aromatic rings. The summed E-state index contributed by atoms with van der Waals surface area (Å²) in [6.45, 7) is 1.45. The molecule has 5 heteroatoms. The van der Waals surface area contributed by atoms with Gasteiger partial charge < -0.3 is 12.3 Å². The van der Waals surface area contributed by atoms with E-state index in [0.29, 0.717) is 17.7 Å². The number of hydrogen-bond donors (Lipinski definition) is 2. The van der Waals surface area contributed by atoms with Crippen molar-refractivity contribution in [3.05, 3.63) is 29.3 Å². The van der Waals surface area contributed by atoms with Crippen LogP contribution in [0.15, 0.2) is 18.2 Å². The Hall–Kier alpha value is -1.24. The van der Waals surface area contributed by atoms with Crippen molar-refractivity contribution in [3.63, 3.8) is 0 Å². The number of Topliss-reactive ketones (excluding diaryl/α,β-unsaturated/α-hetero) is 1. The van der Waals surface area contributed by atoms with E-state index in [0.717, 1.165) is 5.56 Å². The van der Waals surface area contributed by atoms with E-state index in [1.807, 2.05) is 0 Å².